The largest absolute Gasteiger partial charge is 0.376 e. The highest BCUT2D eigenvalue weighted by molar-refractivity contribution is 5.83. The van der Waals surface area contributed by atoms with Crippen molar-refractivity contribution in [2.75, 3.05) is 6.61 Å². The molecule has 0 aromatic carbocycles. The van der Waals surface area contributed by atoms with Crippen molar-refractivity contribution < 1.29 is 9.53 Å². The van der Waals surface area contributed by atoms with E-state index in [1.807, 2.05) is 13.8 Å². The minimum atomic E-state index is -0.137. The maximum Gasteiger partial charge on any atom is 0.138 e. The van der Waals surface area contributed by atoms with Crippen molar-refractivity contribution in [3.8, 4) is 0 Å². The molecular formula is C15H30O2. The summed E-state index contributed by atoms with van der Waals surface area (Å²) in [5.41, 5.74) is -0.179. The van der Waals surface area contributed by atoms with Crippen molar-refractivity contribution in [3.05, 3.63) is 0 Å². The van der Waals surface area contributed by atoms with Crippen molar-refractivity contribution in [2.24, 2.45) is 5.41 Å². The lowest BCUT2D eigenvalue weighted by Gasteiger charge is -2.21. The Labute approximate surface area is 107 Å². The summed E-state index contributed by atoms with van der Waals surface area (Å²) in [4.78, 5) is 11.9. The van der Waals surface area contributed by atoms with Crippen LogP contribution in [0.15, 0.2) is 0 Å². The quantitative estimate of drug-likeness (QED) is 0.591. The molecule has 0 aliphatic heterocycles. The number of hydrogen-bond donors (Lipinski definition) is 0. The van der Waals surface area contributed by atoms with Crippen molar-refractivity contribution in [1.82, 2.24) is 0 Å². The number of hydrogen-bond acceptors (Lipinski definition) is 2. The molecule has 0 N–H and O–H groups in total. The molecule has 0 aliphatic carbocycles. The van der Waals surface area contributed by atoms with Crippen LogP contribution in [-0.2, 0) is 9.53 Å². The molecule has 0 aliphatic rings. The number of ether oxygens (including phenoxy) is 1. The molecule has 102 valence electrons. The zero-order valence-electron chi connectivity index (χ0n) is 12.6. The molecule has 2 heteroatoms. The van der Waals surface area contributed by atoms with Crippen LogP contribution in [0.1, 0.15) is 73.6 Å². The van der Waals surface area contributed by atoms with Gasteiger partial charge in [-0.05, 0) is 40.0 Å². The number of Topliss-reactive ketones (excluding diaryl/α,β-unsaturated/α-hetero) is 1. The average molecular weight is 242 g/mol. The highest BCUT2D eigenvalue weighted by Gasteiger charge is 2.23. The number of carbonyl (C=O) groups is 1. The Morgan fingerprint density at radius 3 is 2.06 bits per heavy atom. The van der Waals surface area contributed by atoms with Gasteiger partial charge in [-0.15, -0.1) is 0 Å². The summed E-state index contributed by atoms with van der Waals surface area (Å²) in [5.74, 6) is 0.400. The second-order valence-electron chi connectivity index (χ2n) is 6.43. The predicted octanol–water partition coefficient (Wildman–Crippen LogP) is 4.37. The lowest BCUT2D eigenvalue weighted by Crippen LogP contribution is -2.23. The first-order valence-corrected chi connectivity index (χ1v) is 6.86. The second kappa shape index (κ2) is 7.15. The number of unbranched alkanes of at least 4 members (excludes halogenated alkanes) is 2. The van der Waals surface area contributed by atoms with Crippen LogP contribution in [0.5, 0.6) is 0 Å². The Balaban J connectivity index is 3.56. The summed E-state index contributed by atoms with van der Waals surface area (Å²) >= 11 is 0. The zero-order chi connectivity index (χ0) is 13.5. The topological polar surface area (TPSA) is 26.3 Å². The Kier molecular flexibility index (Phi) is 6.99. The number of rotatable bonds is 8. The first-order valence-electron chi connectivity index (χ1n) is 6.86. The van der Waals surface area contributed by atoms with Crippen molar-refractivity contribution >= 4 is 5.78 Å². The summed E-state index contributed by atoms with van der Waals surface area (Å²) in [6.45, 7) is 13.2. The van der Waals surface area contributed by atoms with Gasteiger partial charge in [-0.3, -0.25) is 4.79 Å². The standard InChI is InChI=1S/C15H30O2/c1-7-15(5,6)13(16)11-9-8-10-12-17-14(2,3)4/h7-12H2,1-6H3. The van der Waals surface area contributed by atoms with Gasteiger partial charge in [-0.2, -0.15) is 0 Å². The van der Waals surface area contributed by atoms with Gasteiger partial charge in [-0.25, -0.2) is 0 Å². The molecule has 0 aromatic heterocycles. The highest BCUT2D eigenvalue weighted by atomic mass is 16.5. The van der Waals surface area contributed by atoms with E-state index >= 15 is 0 Å². The van der Waals surface area contributed by atoms with E-state index in [1.54, 1.807) is 0 Å². The van der Waals surface area contributed by atoms with Gasteiger partial charge in [0.05, 0.1) is 5.60 Å². The fourth-order valence-corrected chi connectivity index (χ4v) is 1.48. The van der Waals surface area contributed by atoms with Gasteiger partial charge < -0.3 is 4.74 Å². The van der Waals surface area contributed by atoms with E-state index in [1.165, 1.54) is 0 Å². The fraction of sp³-hybridized carbons (Fsp3) is 0.933. The molecule has 2 nitrogen and oxygen atoms in total. The minimum Gasteiger partial charge on any atom is -0.376 e. The van der Waals surface area contributed by atoms with Gasteiger partial charge >= 0.3 is 0 Å². The Morgan fingerprint density at radius 1 is 1.00 bits per heavy atom. The molecule has 0 heterocycles. The first kappa shape index (κ1) is 16.6. The molecule has 0 rings (SSSR count). The molecule has 0 saturated carbocycles. The van der Waals surface area contributed by atoms with E-state index in [2.05, 4.69) is 27.7 Å². The third-order valence-electron chi connectivity index (χ3n) is 3.22. The van der Waals surface area contributed by atoms with E-state index in [9.17, 15) is 4.79 Å². The molecule has 0 radical (unpaired) electrons. The smallest absolute Gasteiger partial charge is 0.138 e. The van der Waals surface area contributed by atoms with Gasteiger partial charge in [0.15, 0.2) is 0 Å². The van der Waals surface area contributed by atoms with Crippen LogP contribution in [0.25, 0.3) is 0 Å². The third-order valence-corrected chi connectivity index (χ3v) is 3.22. The lowest BCUT2D eigenvalue weighted by atomic mass is 9.83. The van der Waals surface area contributed by atoms with E-state index < -0.39 is 0 Å². The monoisotopic (exact) mass is 242 g/mol. The lowest BCUT2D eigenvalue weighted by molar-refractivity contribution is -0.127. The molecule has 0 bridgehead atoms. The molecule has 0 saturated heterocycles. The van der Waals surface area contributed by atoms with Crippen LogP contribution in [-0.4, -0.2) is 18.0 Å². The minimum absolute atomic E-state index is 0.0416. The van der Waals surface area contributed by atoms with E-state index in [4.69, 9.17) is 4.74 Å². The Morgan fingerprint density at radius 2 is 1.59 bits per heavy atom. The predicted molar refractivity (Wildman–Crippen MR) is 73.3 cm³/mol. The van der Waals surface area contributed by atoms with Crippen molar-refractivity contribution in [1.29, 1.82) is 0 Å². The molecule has 0 amide bonds. The van der Waals surface area contributed by atoms with Crippen molar-refractivity contribution in [2.45, 2.75) is 79.2 Å². The number of carbonyl (C=O) groups excluding carboxylic acids is 1. The van der Waals surface area contributed by atoms with Gasteiger partial charge in [0.1, 0.15) is 5.78 Å². The molecular weight excluding hydrogens is 212 g/mol. The molecule has 0 atom stereocenters. The van der Waals surface area contributed by atoms with Crippen molar-refractivity contribution in [3.63, 3.8) is 0 Å². The molecule has 0 spiro atoms. The SMILES string of the molecule is CCC(C)(C)C(=O)CCCCCOC(C)(C)C. The normalized spacial score (nSPS) is 12.8. The number of ketones is 1. The van der Waals surface area contributed by atoms with E-state index in [0.717, 1.165) is 38.7 Å². The summed E-state index contributed by atoms with van der Waals surface area (Å²) in [6, 6.07) is 0. The summed E-state index contributed by atoms with van der Waals surface area (Å²) in [7, 11) is 0. The van der Waals surface area contributed by atoms with Gasteiger partial charge in [0.25, 0.3) is 0 Å². The maximum absolute atomic E-state index is 11.9. The van der Waals surface area contributed by atoms with Crippen LogP contribution in [0.4, 0.5) is 0 Å². The summed E-state index contributed by atoms with van der Waals surface area (Å²) in [6.07, 6.45) is 4.78. The molecule has 0 fully saturated rings. The summed E-state index contributed by atoms with van der Waals surface area (Å²) in [5, 5.41) is 0. The van der Waals surface area contributed by atoms with Crippen LogP contribution >= 0.6 is 0 Å². The summed E-state index contributed by atoms with van der Waals surface area (Å²) < 4.78 is 5.64. The van der Waals surface area contributed by atoms with Crippen LogP contribution < -0.4 is 0 Å². The van der Waals surface area contributed by atoms with Crippen LogP contribution in [0, 0.1) is 5.41 Å². The van der Waals surface area contributed by atoms with Gasteiger partial charge in [0, 0.05) is 18.4 Å². The fourth-order valence-electron chi connectivity index (χ4n) is 1.48. The molecule has 17 heavy (non-hydrogen) atoms. The zero-order valence-corrected chi connectivity index (χ0v) is 12.6. The first-order chi connectivity index (χ1) is 7.69. The van der Waals surface area contributed by atoms with Crippen LogP contribution in [0.2, 0.25) is 0 Å². The Bertz CT molecular complexity index is 224. The van der Waals surface area contributed by atoms with Crippen LogP contribution in [0.3, 0.4) is 0 Å². The second-order valence-corrected chi connectivity index (χ2v) is 6.43. The Hall–Kier alpha value is -0.370. The molecule has 0 unspecified atom stereocenters. The van der Waals surface area contributed by atoms with E-state index in [-0.39, 0.29) is 11.0 Å². The maximum atomic E-state index is 11.9. The average Bonchev–Trinajstić information content (AvgIpc) is 2.21. The highest BCUT2D eigenvalue weighted by Crippen LogP contribution is 2.23. The van der Waals surface area contributed by atoms with E-state index in [0.29, 0.717) is 5.78 Å². The third kappa shape index (κ3) is 8.37. The molecule has 0 aromatic rings. The van der Waals surface area contributed by atoms with Gasteiger partial charge in [-0.1, -0.05) is 27.2 Å². The van der Waals surface area contributed by atoms with Gasteiger partial charge in [0.2, 0.25) is 0 Å².